The molecule has 1 saturated heterocycles. The Kier molecular flexibility index (Phi) is 7.11. The first kappa shape index (κ1) is 19.2. The van der Waals surface area contributed by atoms with Crippen molar-refractivity contribution in [3.05, 3.63) is 59.7 Å². The molecule has 1 N–H and O–H groups in total. The lowest BCUT2D eigenvalue weighted by molar-refractivity contribution is 0.0949. The number of anilines is 1. The van der Waals surface area contributed by atoms with Crippen molar-refractivity contribution in [2.24, 2.45) is 0 Å². The first-order chi connectivity index (χ1) is 13.3. The molecule has 0 saturated carbocycles. The highest BCUT2D eigenvalue weighted by Crippen LogP contribution is 2.18. The van der Waals surface area contributed by atoms with E-state index in [0.29, 0.717) is 24.5 Å². The minimum absolute atomic E-state index is 0.0817. The number of hydrogen-bond acceptors (Lipinski definition) is 4. The van der Waals surface area contributed by atoms with Gasteiger partial charge in [-0.05, 0) is 49.6 Å². The molecule has 0 aromatic heterocycles. The molecule has 1 aliphatic rings. The standard InChI is InChI=1S/C22H28N2O3/c1-2-27-21-8-4-3-7-20(21)22(25)23-13-5-6-18-9-11-19(12-10-18)24-14-16-26-17-15-24/h3-4,7-12H,2,5-6,13-17H2,1H3,(H,23,25). The second-order valence-corrected chi connectivity index (χ2v) is 6.55. The zero-order valence-corrected chi connectivity index (χ0v) is 15.9. The molecule has 1 amide bonds. The quantitative estimate of drug-likeness (QED) is 0.727. The number of benzene rings is 2. The topological polar surface area (TPSA) is 50.8 Å². The Morgan fingerprint density at radius 1 is 1.11 bits per heavy atom. The van der Waals surface area contributed by atoms with E-state index < -0.39 is 0 Å². The average molecular weight is 368 g/mol. The molecule has 5 nitrogen and oxygen atoms in total. The summed E-state index contributed by atoms with van der Waals surface area (Å²) in [5.41, 5.74) is 3.13. The second-order valence-electron chi connectivity index (χ2n) is 6.55. The van der Waals surface area contributed by atoms with Gasteiger partial charge in [0.2, 0.25) is 0 Å². The Morgan fingerprint density at radius 3 is 2.59 bits per heavy atom. The molecule has 3 rings (SSSR count). The fourth-order valence-electron chi connectivity index (χ4n) is 3.22. The van der Waals surface area contributed by atoms with Crippen molar-refractivity contribution >= 4 is 11.6 Å². The second kappa shape index (κ2) is 9.97. The fraction of sp³-hybridized carbons (Fsp3) is 0.409. The van der Waals surface area contributed by atoms with Crippen LogP contribution in [0.15, 0.2) is 48.5 Å². The number of hydrogen-bond donors (Lipinski definition) is 1. The van der Waals surface area contributed by atoms with Gasteiger partial charge in [0.05, 0.1) is 25.4 Å². The van der Waals surface area contributed by atoms with E-state index in [1.165, 1.54) is 11.3 Å². The molecule has 1 heterocycles. The highest BCUT2D eigenvalue weighted by Gasteiger charge is 2.12. The molecular weight excluding hydrogens is 340 g/mol. The fourth-order valence-corrected chi connectivity index (χ4v) is 3.22. The third kappa shape index (κ3) is 5.47. The smallest absolute Gasteiger partial charge is 0.255 e. The molecule has 1 fully saturated rings. The van der Waals surface area contributed by atoms with Gasteiger partial charge in [-0.3, -0.25) is 4.79 Å². The third-order valence-corrected chi connectivity index (χ3v) is 4.67. The van der Waals surface area contributed by atoms with Crippen LogP contribution in [0.4, 0.5) is 5.69 Å². The van der Waals surface area contributed by atoms with Crippen LogP contribution >= 0.6 is 0 Å². The van der Waals surface area contributed by atoms with Crippen LogP contribution in [0.2, 0.25) is 0 Å². The summed E-state index contributed by atoms with van der Waals surface area (Å²) in [5, 5.41) is 2.99. The normalized spacial score (nSPS) is 14.0. The highest BCUT2D eigenvalue weighted by molar-refractivity contribution is 5.96. The number of ether oxygens (including phenoxy) is 2. The summed E-state index contributed by atoms with van der Waals surface area (Å²) in [7, 11) is 0. The van der Waals surface area contributed by atoms with E-state index in [9.17, 15) is 4.79 Å². The maximum atomic E-state index is 12.4. The van der Waals surface area contributed by atoms with E-state index >= 15 is 0 Å². The summed E-state index contributed by atoms with van der Waals surface area (Å²) in [4.78, 5) is 14.7. The van der Waals surface area contributed by atoms with Crippen LogP contribution in [0, 0.1) is 0 Å². The first-order valence-corrected chi connectivity index (χ1v) is 9.69. The molecular formula is C22H28N2O3. The van der Waals surface area contributed by atoms with E-state index in [2.05, 4.69) is 34.5 Å². The molecule has 0 radical (unpaired) electrons. The Morgan fingerprint density at radius 2 is 1.85 bits per heavy atom. The number of amides is 1. The van der Waals surface area contributed by atoms with E-state index in [0.717, 1.165) is 39.1 Å². The van der Waals surface area contributed by atoms with Crippen molar-refractivity contribution in [3.8, 4) is 5.75 Å². The van der Waals surface area contributed by atoms with Crippen LogP contribution in [-0.2, 0) is 11.2 Å². The number of para-hydroxylation sites is 1. The summed E-state index contributed by atoms with van der Waals surface area (Å²) in [5.74, 6) is 0.554. The summed E-state index contributed by atoms with van der Waals surface area (Å²) < 4.78 is 10.9. The van der Waals surface area contributed by atoms with E-state index in [4.69, 9.17) is 9.47 Å². The summed E-state index contributed by atoms with van der Waals surface area (Å²) in [6, 6.07) is 16.1. The average Bonchev–Trinajstić information content (AvgIpc) is 2.73. The maximum absolute atomic E-state index is 12.4. The highest BCUT2D eigenvalue weighted by atomic mass is 16.5. The molecule has 2 aromatic rings. The van der Waals surface area contributed by atoms with Gasteiger partial charge < -0.3 is 19.7 Å². The van der Waals surface area contributed by atoms with Gasteiger partial charge in [-0.2, -0.15) is 0 Å². The van der Waals surface area contributed by atoms with Crippen molar-refractivity contribution in [2.45, 2.75) is 19.8 Å². The third-order valence-electron chi connectivity index (χ3n) is 4.67. The van der Waals surface area contributed by atoms with Crippen LogP contribution in [0.3, 0.4) is 0 Å². The van der Waals surface area contributed by atoms with Gasteiger partial charge in [0.15, 0.2) is 0 Å². The molecule has 144 valence electrons. The van der Waals surface area contributed by atoms with Gasteiger partial charge in [-0.15, -0.1) is 0 Å². The first-order valence-electron chi connectivity index (χ1n) is 9.69. The lowest BCUT2D eigenvalue weighted by Gasteiger charge is -2.28. The number of carbonyl (C=O) groups excluding carboxylic acids is 1. The Bertz CT molecular complexity index is 725. The predicted molar refractivity (Wildman–Crippen MR) is 108 cm³/mol. The number of nitrogens with zero attached hydrogens (tertiary/aromatic N) is 1. The van der Waals surface area contributed by atoms with E-state index in [-0.39, 0.29) is 5.91 Å². The van der Waals surface area contributed by atoms with Gasteiger partial charge in [0, 0.05) is 25.3 Å². The number of carbonyl (C=O) groups is 1. The van der Waals surface area contributed by atoms with Crippen LogP contribution in [0.5, 0.6) is 5.75 Å². The van der Waals surface area contributed by atoms with Crippen LogP contribution in [0.1, 0.15) is 29.3 Å². The molecule has 2 aromatic carbocycles. The molecule has 0 bridgehead atoms. The van der Waals surface area contributed by atoms with Crippen molar-refractivity contribution < 1.29 is 14.3 Å². The molecule has 27 heavy (non-hydrogen) atoms. The van der Waals surface area contributed by atoms with Crippen molar-refractivity contribution in [1.29, 1.82) is 0 Å². The number of nitrogens with one attached hydrogen (secondary N) is 1. The number of morpholine rings is 1. The van der Waals surface area contributed by atoms with Crippen molar-refractivity contribution in [3.63, 3.8) is 0 Å². The number of rotatable bonds is 8. The maximum Gasteiger partial charge on any atom is 0.255 e. The zero-order chi connectivity index (χ0) is 18.9. The van der Waals surface area contributed by atoms with E-state index in [1.807, 2.05) is 25.1 Å². The Hall–Kier alpha value is -2.53. The summed E-state index contributed by atoms with van der Waals surface area (Å²) in [6.07, 6.45) is 1.84. The van der Waals surface area contributed by atoms with E-state index in [1.54, 1.807) is 6.07 Å². The Balaban J connectivity index is 1.44. The largest absolute Gasteiger partial charge is 0.493 e. The predicted octanol–water partition coefficient (Wildman–Crippen LogP) is 3.28. The minimum atomic E-state index is -0.0817. The molecule has 0 unspecified atom stereocenters. The lowest BCUT2D eigenvalue weighted by atomic mass is 10.1. The SMILES string of the molecule is CCOc1ccccc1C(=O)NCCCc1ccc(N2CCOCC2)cc1. The van der Waals surface area contributed by atoms with Gasteiger partial charge in [-0.1, -0.05) is 24.3 Å². The Labute approximate surface area is 161 Å². The van der Waals surface area contributed by atoms with Crippen molar-refractivity contribution in [1.82, 2.24) is 5.32 Å². The van der Waals surface area contributed by atoms with Gasteiger partial charge >= 0.3 is 0 Å². The molecule has 0 aliphatic carbocycles. The molecule has 1 aliphatic heterocycles. The van der Waals surface area contributed by atoms with Crippen LogP contribution in [-0.4, -0.2) is 45.4 Å². The molecule has 0 atom stereocenters. The molecule has 5 heteroatoms. The zero-order valence-electron chi connectivity index (χ0n) is 15.9. The summed E-state index contributed by atoms with van der Waals surface area (Å²) in [6.45, 7) is 6.61. The minimum Gasteiger partial charge on any atom is -0.493 e. The van der Waals surface area contributed by atoms with Crippen LogP contribution < -0.4 is 15.0 Å². The van der Waals surface area contributed by atoms with Gasteiger partial charge in [-0.25, -0.2) is 0 Å². The van der Waals surface area contributed by atoms with Gasteiger partial charge in [0.25, 0.3) is 5.91 Å². The van der Waals surface area contributed by atoms with Gasteiger partial charge in [0.1, 0.15) is 5.75 Å². The summed E-state index contributed by atoms with van der Waals surface area (Å²) >= 11 is 0. The molecule has 0 spiro atoms. The number of aryl methyl sites for hydroxylation is 1. The lowest BCUT2D eigenvalue weighted by Crippen LogP contribution is -2.36. The van der Waals surface area contributed by atoms with Crippen LogP contribution in [0.25, 0.3) is 0 Å². The monoisotopic (exact) mass is 368 g/mol. The van der Waals surface area contributed by atoms with Crippen molar-refractivity contribution in [2.75, 3.05) is 44.4 Å².